The van der Waals surface area contributed by atoms with Crippen LogP contribution >= 0.6 is 11.3 Å². The Morgan fingerprint density at radius 3 is 2.57 bits per heavy atom. The maximum absolute atomic E-state index is 13.3. The van der Waals surface area contributed by atoms with Gasteiger partial charge in [0.05, 0.1) is 6.54 Å². The average molecular weight is 389 g/mol. The van der Waals surface area contributed by atoms with Crippen LogP contribution in [0.25, 0.3) is 10.9 Å². The van der Waals surface area contributed by atoms with Gasteiger partial charge in [0.2, 0.25) is 0 Å². The smallest absolute Gasteiger partial charge is 0.254 e. The zero-order valence-electron chi connectivity index (χ0n) is 16.2. The van der Waals surface area contributed by atoms with Crippen LogP contribution in [0, 0.1) is 13.8 Å². The highest BCUT2D eigenvalue weighted by atomic mass is 32.1. The molecule has 0 atom stereocenters. The number of aromatic amines is 1. The van der Waals surface area contributed by atoms with E-state index in [2.05, 4.69) is 47.8 Å². The number of hydrogen-bond acceptors (Lipinski definition) is 2. The zero-order valence-corrected chi connectivity index (χ0v) is 17.1. The fraction of sp³-hybridized carbons (Fsp3) is 0.208. The molecule has 1 amide bonds. The average Bonchev–Trinajstić information content (AvgIpc) is 3.31. The van der Waals surface area contributed by atoms with Gasteiger partial charge in [-0.05, 0) is 60.5 Å². The maximum atomic E-state index is 13.3. The number of amides is 1. The minimum Gasteiger partial charge on any atom is -0.361 e. The molecule has 0 aliphatic carbocycles. The van der Waals surface area contributed by atoms with Crippen molar-refractivity contribution in [2.75, 3.05) is 6.54 Å². The second-order valence-electron chi connectivity index (χ2n) is 7.18. The van der Waals surface area contributed by atoms with Crippen molar-refractivity contribution >= 4 is 28.1 Å². The summed E-state index contributed by atoms with van der Waals surface area (Å²) in [4.78, 5) is 19.9. The van der Waals surface area contributed by atoms with Crippen molar-refractivity contribution in [3.05, 3.63) is 93.3 Å². The number of carbonyl (C=O) groups is 1. The molecule has 0 saturated carbocycles. The number of H-pyrrole nitrogens is 1. The Labute approximate surface area is 169 Å². The maximum Gasteiger partial charge on any atom is 0.254 e. The summed E-state index contributed by atoms with van der Waals surface area (Å²) in [5, 5.41) is 3.33. The van der Waals surface area contributed by atoms with Gasteiger partial charge in [-0.1, -0.05) is 36.4 Å². The fourth-order valence-corrected chi connectivity index (χ4v) is 4.49. The molecule has 28 heavy (non-hydrogen) atoms. The van der Waals surface area contributed by atoms with Gasteiger partial charge in [0.25, 0.3) is 5.91 Å². The van der Waals surface area contributed by atoms with Crippen molar-refractivity contribution in [2.45, 2.75) is 26.8 Å². The second kappa shape index (κ2) is 8.03. The Hall–Kier alpha value is -2.85. The highest BCUT2D eigenvalue weighted by Crippen LogP contribution is 2.22. The van der Waals surface area contributed by atoms with Crippen LogP contribution in [0.5, 0.6) is 0 Å². The Balaban J connectivity index is 1.60. The molecule has 4 aromatic rings. The number of fused-ring (bicyclic) bond motifs is 1. The van der Waals surface area contributed by atoms with E-state index in [1.807, 2.05) is 42.2 Å². The molecule has 0 bridgehead atoms. The minimum atomic E-state index is 0.103. The summed E-state index contributed by atoms with van der Waals surface area (Å²) in [7, 11) is 0. The fourth-order valence-electron chi connectivity index (χ4n) is 3.57. The number of aryl methyl sites for hydroxylation is 2. The number of carbonyl (C=O) groups excluding carboxylic acids is 1. The second-order valence-corrected chi connectivity index (χ2v) is 8.18. The lowest BCUT2D eigenvalue weighted by atomic mass is 10.1. The SMILES string of the molecule is Cc1ccccc1C(=O)N(CCc1c[nH]c2ccccc12)Cc1sccc1C. The molecule has 0 aliphatic heterocycles. The Morgan fingerprint density at radius 1 is 1.00 bits per heavy atom. The van der Waals surface area contributed by atoms with Crippen molar-refractivity contribution in [3.8, 4) is 0 Å². The first kappa shape index (κ1) is 18.5. The number of thiophene rings is 1. The molecule has 2 aromatic heterocycles. The Morgan fingerprint density at radius 2 is 1.79 bits per heavy atom. The number of para-hydroxylation sites is 1. The number of nitrogens with one attached hydrogen (secondary N) is 1. The first-order chi connectivity index (χ1) is 13.6. The van der Waals surface area contributed by atoms with Crippen molar-refractivity contribution in [3.63, 3.8) is 0 Å². The van der Waals surface area contributed by atoms with E-state index in [0.29, 0.717) is 13.1 Å². The van der Waals surface area contributed by atoms with Gasteiger partial charge in [-0.2, -0.15) is 0 Å². The van der Waals surface area contributed by atoms with E-state index in [4.69, 9.17) is 0 Å². The molecule has 3 nitrogen and oxygen atoms in total. The monoisotopic (exact) mass is 388 g/mol. The van der Waals surface area contributed by atoms with E-state index in [1.54, 1.807) is 11.3 Å². The molecule has 0 spiro atoms. The molecule has 4 rings (SSSR count). The van der Waals surface area contributed by atoms with Gasteiger partial charge in [0.15, 0.2) is 0 Å². The van der Waals surface area contributed by atoms with Gasteiger partial charge in [0.1, 0.15) is 0 Å². The van der Waals surface area contributed by atoms with Gasteiger partial charge in [-0.25, -0.2) is 0 Å². The summed E-state index contributed by atoms with van der Waals surface area (Å²) >= 11 is 1.72. The molecule has 0 radical (unpaired) electrons. The van der Waals surface area contributed by atoms with E-state index in [-0.39, 0.29) is 5.91 Å². The normalized spacial score (nSPS) is 11.1. The van der Waals surface area contributed by atoms with Crippen LogP contribution in [0.3, 0.4) is 0 Å². The van der Waals surface area contributed by atoms with Gasteiger partial charge < -0.3 is 9.88 Å². The van der Waals surface area contributed by atoms with E-state index in [0.717, 1.165) is 23.1 Å². The Bertz CT molecular complexity index is 1110. The first-order valence-corrected chi connectivity index (χ1v) is 10.4. The zero-order chi connectivity index (χ0) is 19.5. The minimum absolute atomic E-state index is 0.103. The van der Waals surface area contributed by atoms with Crippen molar-refractivity contribution < 1.29 is 4.79 Å². The molecule has 1 N–H and O–H groups in total. The van der Waals surface area contributed by atoms with E-state index < -0.39 is 0 Å². The van der Waals surface area contributed by atoms with Crippen LogP contribution in [-0.2, 0) is 13.0 Å². The topological polar surface area (TPSA) is 36.1 Å². The molecule has 2 heterocycles. The summed E-state index contributed by atoms with van der Waals surface area (Å²) in [5.41, 5.74) is 5.45. The molecule has 0 aliphatic rings. The summed E-state index contributed by atoms with van der Waals surface area (Å²) in [5.74, 6) is 0.103. The van der Waals surface area contributed by atoms with Crippen molar-refractivity contribution in [2.24, 2.45) is 0 Å². The molecular formula is C24H24N2OS. The standard InChI is InChI=1S/C24H24N2OS/c1-17-7-3-4-8-20(17)24(27)26(16-23-18(2)12-14-28-23)13-11-19-15-25-22-10-6-5-9-21(19)22/h3-10,12,14-15,25H,11,13,16H2,1-2H3. The van der Waals surface area contributed by atoms with Gasteiger partial charge >= 0.3 is 0 Å². The summed E-state index contributed by atoms with van der Waals surface area (Å²) in [6.45, 7) is 5.45. The largest absolute Gasteiger partial charge is 0.361 e. The predicted octanol–water partition coefficient (Wildman–Crippen LogP) is 5.73. The van der Waals surface area contributed by atoms with Gasteiger partial charge in [-0.3, -0.25) is 4.79 Å². The van der Waals surface area contributed by atoms with Gasteiger partial charge in [-0.15, -0.1) is 11.3 Å². The van der Waals surface area contributed by atoms with Crippen LogP contribution in [-0.4, -0.2) is 22.3 Å². The lowest BCUT2D eigenvalue weighted by molar-refractivity contribution is 0.0746. The molecular weight excluding hydrogens is 364 g/mol. The third kappa shape index (κ3) is 3.73. The lowest BCUT2D eigenvalue weighted by Crippen LogP contribution is -2.32. The van der Waals surface area contributed by atoms with Gasteiger partial charge in [0, 0.05) is 34.1 Å². The molecule has 4 heteroatoms. The highest BCUT2D eigenvalue weighted by Gasteiger charge is 2.19. The summed E-state index contributed by atoms with van der Waals surface area (Å²) in [6.07, 6.45) is 2.89. The summed E-state index contributed by atoms with van der Waals surface area (Å²) in [6, 6.07) is 18.3. The third-order valence-electron chi connectivity index (χ3n) is 5.29. The number of nitrogens with zero attached hydrogens (tertiary/aromatic N) is 1. The van der Waals surface area contributed by atoms with Crippen LogP contribution in [0.1, 0.15) is 31.9 Å². The molecule has 142 valence electrons. The molecule has 0 saturated heterocycles. The predicted molar refractivity (Wildman–Crippen MR) is 117 cm³/mol. The quantitative estimate of drug-likeness (QED) is 0.450. The number of rotatable bonds is 6. The van der Waals surface area contributed by atoms with Crippen molar-refractivity contribution in [1.82, 2.24) is 9.88 Å². The number of benzene rings is 2. The van der Waals surface area contributed by atoms with Crippen LogP contribution in [0.4, 0.5) is 0 Å². The molecule has 0 unspecified atom stereocenters. The van der Waals surface area contributed by atoms with Crippen molar-refractivity contribution in [1.29, 1.82) is 0 Å². The number of hydrogen-bond donors (Lipinski definition) is 1. The van der Waals surface area contributed by atoms with E-state index >= 15 is 0 Å². The first-order valence-electron chi connectivity index (χ1n) is 9.56. The highest BCUT2D eigenvalue weighted by molar-refractivity contribution is 7.10. The van der Waals surface area contributed by atoms with Crippen LogP contribution < -0.4 is 0 Å². The third-order valence-corrected chi connectivity index (χ3v) is 6.30. The summed E-state index contributed by atoms with van der Waals surface area (Å²) < 4.78 is 0. The van der Waals surface area contributed by atoms with Crippen LogP contribution in [0.2, 0.25) is 0 Å². The molecule has 0 fully saturated rings. The number of aromatic nitrogens is 1. The molecule has 2 aromatic carbocycles. The Kier molecular flexibility index (Phi) is 5.31. The van der Waals surface area contributed by atoms with E-state index in [1.165, 1.54) is 21.4 Å². The van der Waals surface area contributed by atoms with E-state index in [9.17, 15) is 4.79 Å². The lowest BCUT2D eigenvalue weighted by Gasteiger charge is -2.23. The van der Waals surface area contributed by atoms with Crippen LogP contribution in [0.15, 0.2) is 66.2 Å².